The normalized spacial score (nSPS) is 13.5. The van der Waals surface area contributed by atoms with Crippen LogP contribution in [0, 0.1) is 41.5 Å². The zero-order valence-electron chi connectivity index (χ0n) is 26.0. The van der Waals surface area contributed by atoms with Crippen LogP contribution in [0.3, 0.4) is 0 Å². The molecule has 1 saturated heterocycles. The lowest BCUT2D eigenvalue weighted by Crippen LogP contribution is -2.47. The van der Waals surface area contributed by atoms with Gasteiger partial charge in [0.25, 0.3) is 0 Å². The Bertz CT molecular complexity index is 1020. The van der Waals surface area contributed by atoms with Crippen LogP contribution >= 0.6 is 24.8 Å². The molecule has 0 aromatic heterocycles. The number of carbonyl (C=O) groups excluding carboxylic acids is 2. The Kier molecular flexibility index (Phi) is 16.9. The minimum absolute atomic E-state index is 0. The summed E-state index contributed by atoms with van der Waals surface area (Å²) in [5.74, 6) is 0.848. The number of ether oxygens (including phenoxy) is 4. The van der Waals surface area contributed by atoms with Crippen molar-refractivity contribution in [2.75, 3.05) is 65.7 Å². The predicted molar refractivity (Wildman–Crippen MR) is 171 cm³/mol. The molecule has 0 saturated carbocycles. The fourth-order valence-corrected chi connectivity index (χ4v) is 5.32. The molecule has 2 aromatic rings. The van der Waals surface area contributed by atoms with Crippen molar-refractivity contribution in [1.82, 2.24) is 9.80 Å². The number of carbonyl (C=O) groups is 2. The first kappa shape index (κ1) is 37.5. The lowest BCUT2D eigenvalue weighted by molar-refractivity contribution is -0.147. The van der Waals surface area contributed by atoms with Gasteiger partial charge in [0.15, 0.2) is 13.2 Å². The van der Waals surface area contributed by atoms with Gasteiger partial charge in [-0.25, -0.2) is 9.59 Å². The van der Waals surface area contributed by atoms with Crippen molar-refractivity contribution in [3.8, 4) is 11.5 Å². The number of nitrogens with zero attached hydrogens (tertiary/aromatic N) is 2. The number of aryl methyl sites for hydroxylation is 6. The van der Waals surface area contributed by atoms with Crippen LogP contribution in [0.25, 0.3) is 0 Å². The molecule has 0 radical (unpaired) electrons. The van der Waals surface area contributed by atoms with E-state index < -0.39 is 0 Å². The van der Waals surface area contributed by atoms with Gasteiger partial charge in [0.1, 0.15) is 11.5 Å². The van der Waals surface area contributed by atoms with E-state index in [0.717, 1.165) is 85.9 Å². The number of halogens is 2. The second-order valence-corrected chi connectivity index (χ2v) is 10.9. The second-order valence-electron chi connectivity index (χ2n) is 10.9. The van der Waals surface area contributed by atoms with Crippen molar-refractivity contribution in [1.29, 1.82) is 0 Å². The molecule has 1 heterocycles. The van der Waals surface area contributed by atoms with Crippen molar-refractivity contribution < 1.29 is 28.5 Å². The zero-order chi connectivity index (χ0) is 29.1. The maximum absolute atomic E-state index is 12.1. The average molecular weight is 628 g/mol. The highest BCUT2D eigenvalue weighted by atomic mass is 35.5. The first-order valence-corrected chi connectivity index (χ1v) is 14.3. The van der Waals surface area contributed by atoms with E-state index in [-0.39, 0.29) is 50.0 Å². The molecule has 10 heteroatoms. The van der Waals surface area contributed by atoms with Gasteiger partial charge in [-0.05, 0) is 76.6 Å². The van der Waals surface area contributed by atoms with E-state index in [4.69, 9.17) is 18.9 Å². The molecule has 8 nitrogen and oxygen atoms in total. The van der Waals surface area contributed by atoms with Crippen LogP contribution < -0.4 is 9.47 Å². The van der Waals surface area contributed by atoms with Crippen LogP contribution in [0.1, 0.15) is 46.2 Å². The summed E-state index contributed by atoms with van der Waals surface area (Å²) in [5, 5.41) is 0. The quantitative estimate of drug-likeness (QED) is 0.206. The first-order chi connectivity index (χ1) is 19.1. The molecule has 0 spiro atoms. The van der Waals surface area contributed by atoms with Gasteiger partial charge < -0.3 is 28.7 Å². The van der Waals surface area contributed by atoms with Crippen LogP contribution in [0.2, 0.25) is 0 Å². The van der Waals surface area contributed by atoms with Crippen molar-refractivity contribution in [3.05, 3.63) is 57.6 Å². The van der Waals surface area contributed by atoms with Gasteiger partial charge in [-0.3, -0.25) is 0 Å². The van der Waals surface area contributed by atoms with Gasteiger partial charge >= 0.3 is 11.9 Å². The SMILES string of the molecule is Cc1cc(C)c(OCC(=O)OCCCN2CCN(CCCOC(=O)COc3c(C)cc(C)cc3C)CC2)c(C)c1.Cl.Cl. The second kappa shape index (κ2) is 18.9. The molecule has 0 unspecified atom stereocenters. The Morgan fingerprint density at radius 1 is 0.595 bits per heavy atom. The molecule has 0 atom stereocenters. The van der Waals surface area contributed by atoms with Gasteiger partial charge in [0, 0.05) is 39.3 Å². The minimum atomic E-state index is -0.336. The highest BCUT2D eigenvalue weighted by molar-refractivity contribution is 5.85. The van der Waals surface area contributed by atoms with Crippen LogP contribution in [0.5, 0.6) is 11.5 Å². The summed E-state index contributed by atoms with van der Waals surface area (Å²) in [6, 6.07) is 8.20. The maximum Gasteiger partial charge on any atom is 0.344 e. The molecule has 1 aliphatic heterocycles. The average Bonchev–Trinajstić information content (AvgIpc) is 2.88. The molecule has 42 heavy (non-hydrogen) atoms. The molecule has 0 bridgehead atoms. The smallest absolute Gasteiger partial charge is 0.344 e. The fraction of sp³-hybridized carbons (Fsp3) is 0.562. The fourth-order valence-electron chi connectivity index (χ4n) is 5.32. The van der Waals surface area contributed by atoms with Crippen molar-refractivity contribution in [2.24, 2.45) is 0 Å². The molecule has 0 N–H and O–H groups in total. The standard InChI is InChI=1S/C32H46N2O6.2ClH/c1-23-17-25(3)31(26(4)18-23)39-21-29(35)37-15-7-9-33-11-13-34(14-12-33)10-8-16-38-30(36)22-40-32-27(5)19-24(2)20-28(32)6;;/h17-20H,7-16,21-22H2,1-6H3;2*1H. The summed E-state index contributed by atoms with van der Waals surface area (Å²) in [4.78, 5) is 29.0. The lowest BCUT2D eigenvalue weighted by atomic mass is 10.1. The van der Waals surface area contributed by atoms with E-state index in [2.05, 4.69) is 9.80 Å². The summed E-state index contributed by atoms with van der Waals surface area (Å²) in [5.41, 5.74) is 6.46. The third kappa shape index (κ3) is 12.4. The molecule has 1 fully saturated rings. The third-order valence-corrected chi connectivity index (χ3v) is 7.11. The number of hydrogen-bond donors (Lipinski definition) is 0. The molecule has 0 aliphatic carbocycles. The van der Waals surface area contributed by atoms with Crippen LogP contribution in [0.15, 0.2) is 24.3 Å². The topological polar surface area (TPSA) is 77.5 Å². The Morgan fingerprint density at radius 2 is 0.905 bits per heavy atom. The highest BCUT2D eigenvalue weighted by Gasteiger charge is 2.17. The maximum atomic E-state index is 12.1. The largest absolute Gasteiger partial charge is 0.481 e. The summed E-state index contributed by atoms with van der Waals surface area (Å²) >= 11 is 0. The molecular formula is C32H48Cl2N2O6. The number of esters is 2. The highest BCUT2D eigenvalue weighted by Crippen LogP contribution is 2.25. The number of piperazine rings is 1. The van der Waals surface area contributed by atoms with Crippen LogP contribution in [0.4, 0.5) is 0 Å². The minimum Gasteiger partial charge on any atom is -0.481 e. The lowest BCUT2D eigenvalue weighted by Gasteiger charge is -2.34. The molecular weight excluding hydrogens is 579 g/mol. The number of benzene rings is 2. The van der Waals surface area contributed by atoms with Gasteiger partial charge in [0.05, 0.1) is 13.2 Å². The van der Waals surface area contributed by atoms with E-state index in [1.165, 1.54) is 11.1 Å². The third-order valence-electron chi connectivity index (χ3n) is 7.11. The Morgan fingerprint density at radius 3 is 1.21 bits per heavy atom. The van der Waals surface area contributed by atoms with E-state index in [0.29, 0.717) is 13.2 Å². The number of hydrogen-bond acceptors (Lipinski definition) is 8. The molecule has 1 aliphatic rings. The summed E-state index contributed by atoms with van der Waals surface area (Å²) in [7, 11) is 0. The first-order valence-electron chi connectivity index (χ1n) is 14.3. The molecule has 3 rings (SSSR count). The Hall–Kier alpha value is -2.52. The predicted octanol–water partition coefficient (Wildman–Crippen LogP) is 5.32. The van der Waals surface area contributed by atoms with Gasteiger partial charge in [-0.2, -0.15) is 0 Å². The van der Waals surface area contributed by atoms with Crippen molar-refractivity contribution >= 4 is 36.8 Å². The van der Waals surface area contributed by atoms with E-state index >= 15 is 0 Å². The summed E-state index contributed by atoms with van der Waals surface area (Å²) < 4.78 is 22.2. The monoisotopic (exact) mass is 626 g/mol. The van der Waals surface area contributed by atoms with Crippen LogP contribution in [-0.4, -0.2) is 87.4 Å². The molecule has 0 amide bonds. The van der Waals surface area contributed by atoms with Gasteiger partial charge in [-0.1, -0.05) is 35.4 Å². The van der Waals surface area contributed by atoms with E-state index in [1.807, 2.05) is 65.8 Å². The van der Waals surface area contributed by atoms with E-state index in [1.54, 1.807) is 0 Å². The Balaban J connectivity index is 0.00000441. The summed E-state index contributed by atoms with van der Waals surface area (Å²) in [6.07, 6.45) is 1.60. The Labute approximate surface area is 263 Å². The van der Waals surface area contributed by atoms with Gasteiger partial charge in [-0.15, -0.1) is 24.8 Å². The molecule has 2 aromatic carbocycles. The summed E-state index contributed by atoms with van der Waals surface area (Å²) in [6.45, 7) is 18.4. The molecule has 236 valence electrons. The van der Waals surface area contributed by atoms with E-state index in [9.17, 15) is 9.59 Å². The van der Waals surface area contributed by atoms with Crippen molar-refractivity contribution in [2.45, 2.75) is 54.4 Å². The van der Waals surface area contributed by atoms with Crippen molar-refractivity contribution in [3.63, 3.8) is 0 Å². The van der Waals surface area contributed by atoms with Crippen LogP contribution in [-0.2, 0) is 19.1 Å². The van der Waals surface area contributed by atoms with Gasteiger partial charge in [0.2, 0.25) is 0 Å². The number of rotatable bonds is 14. The zero-order valence-corrected chi connectivity index (χ0v) is 27.6.